The number of carboxylic acid groups (broad SMARTS) is 1. The fourth-order valence-corrected chi connectivity index (χ4v) is 1.51. The van der Waals surface area contributed by atoms with Crippen molar-refractivity contribution >= 4 is 29.2 Å². The zero-order valence-electron chi connectivity index (χ0n) is 6.72. The molecule has 14 heavy (non-hydrogen) atoms. The summed E-state index contributed by atoms with van der Waals surface area (Å²) in [5, 5.41) is 16.8. The molecule has 3 nitrogen and oxygen atoms in total. The van der Waals surface area contributed by atoms with Gasteiger partial charge in [-0.15, -0.1) is 0 Å². The smallest absolute Gasteiger partial charge is 0.338 e. The highest BCUT2D eigenvalue weighted by molar-refractivity contribution is 6.36. The van der Waals surface area contributed by atoms with E-state index in [9.17, 15) is 9.18 Å². The maximum atomic E-state index is 13.2. The van der Waals surface area contributed by atoms with Gasteiger partial charge in [-0.1, -0.05) is 23.2 Å². The first kappa shape index (κ1) is 11.2. The molecule has 0 aliphatic carbocycles. The maximum Gasteiger partial charge on any atom is 0.338 e. The number of benzene rings is 1. The SMILES string of the molecule is O=C(O)c1cc(Cl)c(CO)c(Cl)c1F. The summed E-state index contributed by atoms with van der Waals surface area (Å²) < 4.78 is 13.2. The lowest BCUT2D eigenvalue weighted by molar-refractivity contribution is 0.0691. The first-order valence-corrected chi connectivity index (χ1v) is 4.25. The van der Waals surface area contributed by atoms with Crippen molar-refractivity contribution in [2.45, 2.75) is 6.61 Å². The molecule has 0 unspecified atom stereocenters. The Kier molecular flexibility index (Phi) is 3.31. The van der Waals surface area contributed by atoms with Crippen molar-refractivity contribution in [2.75, 3.05) is 0 Å². The average Bonchev–Trinajstić information content (AvgIpc) is 2.12. The van der Waals surface area contributed by atoms with Crippen molar-refractivity contribution in [3.8, 4) is 0 Å². The molecule has 2 N–H and O–H groups in total. The summed E-state index contributed by atoms with van der Waals surface area (Å²) in [4.78, 5) is 10.5. The monoisotopic (exact) mass is 238 g/mol. The molecule has 0 atom stereocenters. The molecule has 0 bridgehead atoms. The van der Waals surface area contributed by atoms with E-state index in [-0.39, 0.29) is 10.6 Å². The van der Waals surface area contributed by atoms with Crippen molar-refractivity contribution in [1.82, 2.24) is 0 Å². The average molecular weight is 239 g/mol. The Morgan fingerprint density at radius 2 is 2.07 bits per heavy atom. The first-order valence-electron chi connectivity index (χ1n) is 3.49. The van der Waals surface area contributed by atoms with E-state index in [4.69, 9.17) is 33.4 Å². The molecule has 0 fully saturated rings. The number of hydrogen-bond acceptors (Lipinski definition) is 2. The Balaban J connectivity index is 3.47. The number of halogens is 3. The Morgan fingerprint density at radius 1 is 1.50 bits per heavy atom. The standard InChI is InChI=1S/C8H5Cl2FO3/c9-5-1-3(8(13)14)7(11)6(10)4(5)2-12/h1,12H,2H2,(H,13,14). The first-order chi connectivity index (χ1) is 6.49. The summed E-state index contributed by atoms with van der Waals surface area (Å²) >= 11 is 11.0. The molecule has 6 heteroatoms. The van der Waals surface area contributed by atoms with Gasteiger partial charge >= 0.3 is 5.97 Å². The topological polar surface area (TPSA) is 57.5 Å². The van der Waals surface area contributed by atoms with Crippen LogP contribution in [0, 0.1) is 5.82 Å². The quantitative estimate of drug-likeness (QED) is 0.778. The van der Waals surface area contributed by atoms with Crippen molar-refractivity contribution in [3.63, 3.8) is 0 Å². The second-order valence-electron chi connectivity index (χ2n) is 2.48. The Morgan fingerprint density at radius 3 is 2.50 bits per heavy atom. The third-order valence-electron chi connectivity index (χ3n) is 1.64. The summed E-state index contributed by atoms with van der Waals surface area (Å²) in [6.07, 6.45) is 0. The van der Waals surface area contributed by atoms with Crippen LogP contribution in [0.3, 0.4) is 0 Å². The van der Waals surface area contributed by atoms with E-state index in [1.807, 2.05) is 0 Å². The third-order valence-corrected chi connectivity index (χ3v) is 2.37. The summed E-state index contributed by atoms with van der Waals surface area (Å²) in [5.41, 5.74) is -0.631. The van der Waals surface area contributed by atoms with Crippen LogP contribution in [-0.2, 0) is 6.61 Å². The fourth-order valence-electron chi connectivity index (χ4n) is 0.933. The van der Waals surface area contributed by atoms with Crippen LogP contribution in [0.4, 0.5) is 4.39 Å². The van der Waals surface area contributed by atoms with E-state index < -0.39 is 29.0 Å². The van der Waals surface area contributed by atoms with Crippen molar-refractivity contribution in [1.29, 1.82) is 0 Å². The number of hydrogen-bond donors (Lipinski definition) is 2. The summed E-state index contributed by atoms with van der Waals surface area (Å²) in [5.74, 6) is -2.55. The van der Waals surface area contributed by atoms with Gasteiger partial charge in [-0.3, -0.25) is 0 Å². The number of aliphatic hydroxyl groups excluding tert-OH is 1. The lowest BCUT2D eigenvalue weighted by Gasteiger charge is -2.06. The van der Waals surface area contributed by atoms with Crippen molar-refractivity contribution in [3.05, 3.63) is 33.1 Å². The van der Waals surface area contributed by atoms with E-state index in [2.05, 4.69) is 0 Å². The molecule has 76 valence electrons. The van der Waals surface area contributed by atoms with Gasteiger partial charge in [0.25, 0.3) is 0 Å². The van der Waals surface area contributed by atoms with Gasteiger partial charge in [0.05, 0.1) is 17.2 Å². The molecule has 1 aromatic rings. The van der Waals surface area contributed by atoms with Crippen LogP contribution in [0.15, 0.2) is 6.07 Å². The van der Waals surface area contributed by atoms with Gasteiger partial charge in [0.1, 0.15) is 0 Å². The molecule has 1 rings (SSSR count). The minimum atomic E-state index is -1.46. The van der Waals surface area contributed by atoms with Crippen LogP contribution in [-0.4, -0.2) is 16.2 Å². The number of carbonyl (C=O) groups is 1. The van der Waals surface area contributed by atoms with Crippen LogP contribution >= 0.6 is 23.2 Å². The highest BCUT2D eigenvalue weighted by Gasteiger charge is 2.19. The maximum absolute atomic E-state index is 13.2. The fraction of sp³-hybridized carbons (Fsp3) is 0.125. The number of aromatic carboxylic acids is 1. The summed E-state index contributed by atoms with van der Waals surface area (Å²) in [6, 6.07) is 0.913. The third kappa shape index (κ3) is 1.82. The molecule has 0 heterocycles. The highest BCUT2D eigenvalue weighted by atomic mass is 35.5. The second-order valence-corrected chi connectivity index (χ2v) is 3.26. The second kappa shape index (κ2) is 4.13. The van der Waals surface area contributed by atoms with E-state index in [1.54, 1.807) is 0 Å². The number of rotatable bonds is 2. The van der Waals surface area contributed by atoms with E-state index >= 15 is 0 Å². The van der Waals surface area contributed by atoms with Gasteiger partial charge in [0.15, 0.2) is 5.82 Å². The molecule has 0 saturated carbocycles. The van der Waals surface area contributed by atoms with E-state index in [1.165, 1.54) is 0 Å². The predicted octanol–water partition coefficient (Wildman–Crippen LogP) is 2.32. The number of carboxylic acids is 1. The molecule has 0 spiro atoms. The van der Waals surface area contributed by atoms with Gasteiger partial charge < -0.3 is 10.2 Å². The van der Waals surface area contributed by atoms with Crippen molar-refractivity contribution < 1.29 is 19.4 Å². The normalized spacial score (nSPS) is 10.3. The van der Waals surface area contributed by atoms with Crippen LogP contribution in [0.2, 0.25) is 10.0 Å². The molecule has 0 aliphatic rings. The molecule has 0 amide bonds. The van der Waals surface area contributed by atoms with Gasteiger partial charge in [-0.2, -0.15) is 0 Å². The summed E-state index contributed by atoms with van der Waals surface area (Å²) in [7, 11) is 0. The predicted molar refractivity (Wildman–Crippen MR) is 49.3 cm³/mol. The van der Waals surface area contributed by atoms with Gasteiger partial charge in [0, 0.05) is 10.6 Å². The van der Waals surface area contributed by atoms with Gasteiger partial charge in [0.2, 0.25) is 0 Å². The highest BCUT2D eigenvalue weighted by Crippen LogP contribution is 2.30. The summed E-state index contributed by atoms with van der Waals surface area (Å²) in [6.45, 7) is -0.547. The molecular weight excluding hydrogens is 234 g/mol. The van der Waals surface area contributed by atoms with Crippen LogP contribution in [0.25, 0.3) is 0 Å². The van der Waals surface area contributed by atoms with Crippen LogP contribution in [0.1, 0.15) is 15.9 Å². The molecule has 0 radical (unpaired) electrons. The van der Waals surface area contributed by atoms with Gasteiger partial charge in [-0.25, -0.2) is 9.18 Å². The zero-order chi connectivity index (χ0) is 10.9. The Hall–Kier alpha value is -0.840. The van der Waals surface area contributed by atoms with Gasteiger partial charge in [-0.05, 0) is 6.07 Å². The zero-order valence-corrected chi connectivity index (χ0v) is 8.23. The van der Waals surface area contributed by atoms with Crippen LogP contribution in [0.5, 0.6) is 0 Å². The molecule has 0 saturated heterocycles. The molecule has 1 aromatic carbocycles. The van der Waals surface area contributed by atoms with Crippen LogP contribution < -0.4 is 0 Å². The minimum absolute atomic E-state index is 0.0177. The minimum Gasteiger partial charge on any atom is -0.478 e. The molecule has 0 aromatic heterocycles. The van der Waals surface area contributed by atoms with E-state index in [0.29, 0.717) is 0 Å². The lowest BCUT2D eigenvalue weighted by Crippen LogP contribution is -2.03. The largest absolute Gasteiger partial charge is 0.478 e. The van der Waals surface area contributed by atoms with Crippen molar-refractivity contribution in [2.24, 2.45) is 0 Å². The Bertz CT molecular complexity index is 393. The lowest BCUT2D eigenvalue weighted by atomic mass is 10.1. The molecular formula is C8H5Cl2FO3. The van der Waals surface area contributed by atoms with E-state index in [0.717, 1.165) is 6.07 Å². The Labute approximate surface area is 88.7 Å². The number of aliphatic hydroxyl groups is 1. The molecule has 0 aliphatic heterocycles.